The highest BCUT2D eigenvalue weighted by molar-refractivity contribution is 6.32. The van der Waals surface area contributed by atoms with Crippen LogP contribution in [0.1, 0.15) is 26.7 Å². The van der Waals surface area contributed by atoms with Crippen molar-refractivity contribution in [1.29, 1.82) is 0 Å². The van der Waals surface area contributed by atoms with Gasteiger partial charge in [-0.2, -0.15) is 13.2 Å². The summed E-state index contributed by atoms with van der Waals surface area (Å²) in [5.74, 6) is 0. The quantitative estimate of drug-likeness (QED) is 0.731. The van der Waals surface area contributed by atoms with Gasteiger partial charge in [0.1, 0.15) is 0 Å². The van der Waals surface area contributed by atoms with Gasteiger partial charge in [-0.3, -0.25) is 0 Å². The van der Waals surface area contributed by atoms with Gasteiger partial charge < -0.3 is 5.73 Å². The van der Waals surface area contributed by atoms with E-state index in [4.69, 9.17) is 17.3 Å². The lowest BCUT2D eigenvalue weighted by molar-refractivity contribution is -0.125. The SMILES string of the molecule is CC/C(N)=C(Cl)\C(C)=C/CC(F)(F)F. The zero-order chi connectivity index (χ0) is 11.4. The van der Waals surface area contributed by atoms with Crippen molar-refractivity contribution in [2.45, 2.75) is 32.9 Å². The fourth-order valence-corrected chi connectivity index (χ4v) is 0.978. The Morgan fingerprint density at radius 2 is 1.93 bits per heavy atom. The van der Waals surface area contributed by atoms with Crippen LogP contribution in [0.15, 0.2) is 22.4 Å². The minimum Gasteiger partial charge on any atom is -0.401 e. The summed E-state index contributed by atoms with van der Waals surface area (Å²) in [7, 11) is 0. The highest BCUT2D eigenvalue weighted by Gasteiger charge is 2.25. The van der Waals surface area contributed by atoms with Gasteiger partial charge in [-0.15, -0.1) is 0 Å². The van der Waals surface area contributed by atoms with E-state index >= 15 is 0 Å². The molecule has 0 fully saturated rings. The van der Waals surface area contributed by atoms with E-state index in [0.29, 0.717) is 17.7 Å². The van der Waals surface area contributed by atoms with Crippen LogP contribution < -0.4 is 5.73 Å². The van der Waals surface area contributed by atoms with Crippen LogP contribution in [0.4, 0.5) is 13.2 Å². The number of halogens is 4. The van der Waals surface area contributed by atoms with Gasteiger partial charge >= 0.3 is 6.18 Å². The molecule has 0 amide bonds. The lowest BCUT2D eigenvalue weighted by Crippen LogP contribution is -2.05. The zero-order valence-electron chi connectivity index (χ0n) is 8.08. The summed E-state index contributed by atoms with van der Waals surface area (Å²) in [4.78, 5) is 0. The second kappa shape index (κ2) is 5.29. The van der Waals surface area contributed by atoms with Crippen molar-refractivity contribution >= 4 is 11.6 Å². The molecular formula is C9H13ClF3N. The van der Waals surface area contributed by atoms with Gasteiger partial charge in [0.25, 0.3) is 0 Å². The summed E-state index contributed by atoms with van der Waals surface area (Å²) in [6.45, 7) is 3.30. The zero-order valence-corrected chi connectivity index (χ0v) is 8.84. The fourth-order valence-electron chi connectivity index (χ4n) is 0.767. The van der Waals surface area contributed by atoms with Crippen LogP contribution in [-0.2, 0) is 0 Å². The van der Waals surface area contributed by atoms with E-state index in [-0.39, 0.29) is 5.03 Å². The molecule has 0 heterocycles. The molecule has 0 radical (unpaired) electrons. The third-order valence-electron chi connectivity index (χ3n) is 1.65. The third-order valence-corrected chi connectivity index (χ3v) is 2.19. The summed E-state index contributed by atoms with van der Waals surface area (Å²) in [5, 5.41) is 0.219. The van der Waals surface area contributed by atoms with Crippen LogP contribution in [0.2, 0.25) is 0 Å². The van der Waals surface area contributed by atoms with Crippen LogP contribution in [0.25, 0.3) is 0 Å². The van der Waals surface area contributed by atoms with Crippen LogP contribution in [-0.4, -0.2) is 6.18 Å². The summed E-state index contributed by atoms with van der Waals surface area (Å²) in [5.41, 5.74) is 6.25. The fraction of sp³-hybridized carbons (Fsp3) is 0.556. The van der Waals surface area contributed by atoms with Gasteiger partial charge in [0, 0.05) is 5.70 Å². The lowest BCUT2D eigenvalue weighted by atomic mass is 10.2. The van der Waals surface area contributed by atoms with E-state index in [1.165, 1.54) is 6.92 Å². The Labute approximate surface area is 86.4 Å². The first-order valence-electron chi connectivity index (χ1n) is 4.16. The largest absolute Gasteiger partial charge is 0.401 e. The maximum absolute atomic E-state index is 11.8. The van der Waals surface area contributed by atoms with Crippen molar-refractivity contribution in [2.24, 2.45) is 5.73 Å². The Balaban J connectivity index is 4.55. The Hall–Kier alpha value is -0.640. The van der Waals surface area contributed by atoms with Crippen molar-refractivity contribution in [3.05, 3.63) is 22.4 Å². The Bertz CT molecular complexity index is 253. The molecule has 0 aliphatic carbocycles. The molecule has 0 aromatic rings. The molecule has 0 unspecified atom stereocenters. The Morgan fingerprint density at radius 3 is 2.29 bits per heavy atom. The number of alkyl halides is 3. The normalized spacial score (nSPS) is 15.4. The van der Waals surface area contributed by atoms with Gasteiger partial charge in [-0.1, -0.05) is 24.6 Å². The van der Waals surface area contributed by atoms with E-state index in [1.807, 2.05) is 0 Å². The molecule has 1 nitrogen and oxygen atoms in total. The second-order valence-corrected chi connectivity index (χ2v) is 3.28. The molecule has 2 N–H and O–H groups in total. The highest BCUT2D eigenvalue weighted by Crippen LogP contribution is 2.24. The lowest BCUT2D eigenvalue weighted by Gasteiger charge is -2.05. The van der Waals surface area contributed by atoms with Gasteiger partial charge in [0.2, 0.25) is 0 Å². The van der Waals surface area contributed by atoms with Crippen LogP contribution in [0.3, 0.4) is 0 Å². The van der Waals surface area contributed by atoms with Crippen molar-refractivity contribution in [3.63, 3.8) is 0 Å². The second-order valence-electron chi connectivity index (χ2n) is 2.90. The highest BCUT2D eigenvalue weighted by atomic mass is 35.5. The van der Waals surface area contributed by atoms with Gasteiger partial charge in [-0.25, -0.2) is 0 Å². The first kappa shape index (κ1) is 13.4. The minimum atomic E-state index is -4.20. The van der Waals surface area contributed by atoms with Crippen LogP contribution >= 0.6 is 11.6 Å². The predicted octanol–water partition coefficient (Wildman–Crippen LogP) is 3.70. The summed E-state index contributed by atoms with van der Waals surface area (Å²) in [6, 6.07) is 0. The Morgan fingerprint density at radius 1 is 1.43 bits per heavy atom. The van der Waals surface area contributed by atoms with Gasteiger partial charge in [0.15, 0.2) is 0 Å². The number of allylic oxidation sites excluding steroid dienone is 4. The number of hydrogen-bond acceptors (Lipinski definition) is 1. The third kappa shape index (κ3) is 5.17. The summed E-state index contributed by atoms with van der Waals surface area (Å²) < 4.78 is 35.5. The molecule has 0 rings (SSSR count). The molecule has 0 aromatic carbocycles. The Kier molecular flexibility index (Phi) is 5.05. The van der Waals surface area contributed by atoms with E-state index in [2.05, 4.69) is 0 Å². The molecule has 5 heteroatoms. The topological polar surface area (TPSA) is 26.0 Å². The summed E-state index contributed by atoms with van der Waals surface area (Å²) >= 11 is 5.73. The van der Waals surface area contributed by atoms with Crippen molar-refractivity contribution in [2.75, 3.05) is 0 Å². The summed E-state index contributed by atoms with van der Waals surface area (Å²) in [6.07, 6.45) is -3.62. The average Bonchev–Trinajstić information content (AvgIpc) is 2.10. The molecule has 82 valence electrons. The van der Waals surface area contributed by atoms with Gasteiger partial charge in [0.05, 0.1) is 11.5 Å². The van der Waals surface area contributed by atoms with Gasteiger partial charge in [-0.05, 0) is 18.9 Å². The van der Waals surface area contributed by atoms with Crippen LogP contribution in [0.5, 0.6) is 0 Å². The van der Waals surface area contributed by atoms with E-state index in [9.17, 15) is 13.2 Å². The smallest absolute Gasteiger partial charge is 0.392 e. The van der Waals surface area contributed by atoms with Crippen molar-refractivity contribution in [1.82, 2.24) is 0 Å². The monoisotopic (exact) mass is 227 g/mol. The maximum Gasteiger partial charge on any atom is 0.392 e. The maximum atomic E-state index is 11.8. The van der Waals surface area contributed by atoms with Crippen molar-refractivity contribution < 1.29 is 13.2 Å². The number of rotatable bonds is 3. The van der Waals surface area contributed by atoms with E-state index in [1.54, 1.807) is 6.92 Å². The van der Waals surface area contributed by atoms with Crippen molar-refractivity contribution in [3.8, 4) is 0 Å². The van der Waals surface area contributed by atoms with Crippen LogP contribution in [0, 0.1) is 0 Å². The molecule has 0 spiro atoms. The number of nitrogens with two attached hydrogens (primary N) is 1. The molecule has 0 saturated carbocycles. The number of hydrogen-bond donors (Lipinski definition) is 1. The van der Waals surface area contributed by atoms with E-state index in [0.717, 1.165) is 6.08 Å². The molecule has 0 aliphatic heterocycles. The standard InChI is InChI=1S/C9H13ClF3N/c1-3-7(14)8(10)6(2)4-5-9(11,12)13/h4H,3,5,14H2,1-2H3/b6-4-,8-7-. The molecular weight excluding hydrogens is 215 g/mol. The molecule has 14 heavy (non-hydrogen) atoms. The molecule has 0 aliphatic rings. The first-order valence-corrected chi connectivity index (χ1v) is 4.53. The molecule has 0 atom stereocenters. The minimum absolute atomic E-state index is 0.219. The predicted molar refractivity (Wildman–Crippen MR) is 51.8 cm³/mol. The van der Waals surface area contributed by atoms with E-state index < -0.39 is 12.6 Å². The average molecular weight is 228 g/mol. The molecule has 0 bridgehead atoms. The first-order chi connectivity index (χ1) is 6.28. The molecule has 0 saturated heterocycles. The molecule has 0 aromatic heterocycles.